The van der Waals surface area contributed by atoms with Crippen molar-refractivity contribution in [2.75, 3.05) is 57.4 Å². The number of nitrogen functional groups attached to an aromatic ring is 1. The van der Waals surface area contributed by atoms with Crippen molar-refractivity contribution in [1.82, 2.24) is 14.8 Å². The zero-order valence-electron chi connectivity index (χ0n) is 20.6. The number of carbonyl (C=O) groups excluding carboxylic acids is 1. The van der Waals surface area contributed by atoms with E-state index < -0.39 is 6.09 Å². The molecule has 5 rings (SSSR count). The number of para-hydroxylation sites is 1. The number of nitrogens with one attached hydrogen (secondary N) is 1. The highest BCUT2D eigenvalue weighted by Crippen LogP contribution is 2.47. The summed E-state index contributed by atoms with van der Waals surface area (Å²) in [6, 6.07) is 11.8. The fourth-order valence-corrected chi connectivity index (χ4v) is 5.59. The SMILES string of the molecule is CN1CCN(CCCCNc2nc3sc(OC(N)=O)c(N)c3c(-c3cc4ccccc4o3)c2C#N)CC1. The molecule has 1 fully saturated rings. The highest BCUT2D eigenvalue weighted by atomic mass is 32.1. The molecule has 192 valence electrons. The lowest BCUT2D eigenvalue weighted by Crippen LogP contribution is -2.44. The number of nitriles is 1. The second-order valence-electron chi connectivity index (χ2n) is 9.15. The molecule has 3 aromatic heterocycles. The van der Waals surface area contributed by atoms with Crippen LogP contribution in [0.4, 0.5) is 16.3 Å². The maximum Gasteiger partial charge on any atom is 0.410 e. The lowest BCUT2D eigenvalue weighted by atomic mass is 10.0. The third-order valence-electron chi connectivity index (χ3n) is 6.61. The number of pyridine rings is 1. The van der Waals surface area contributed by atoms with Crippen LogP contribution in [0.3, 0.4) is 0 Å². The number of ether oxygens (including phenoxy) is 1. The predicted molar refractivity (Wildman–Crippen MR) is 146 cm³/mol. The third kappa shape index (κ3) is 5.17. The molecule has 1 saturated heterocycles. The number of aromatic nitrogens is 1. The summed E-state index contributed by atoms with van der Waals surface area (Å²) >= 11 is 1.10. The molecule has 10 nitrogen and oxygen atoms in total. The number of nitrogens with zero attached hydrogens (tertiary/aromatic N) is 4. The topological polar surface area (TPSA) is 147 Å². The average molecular weight is 520 g/mol. The highest BCUT2D eigenvalue weighted by Gasteiger charge is 2.26. The van der Waals surface area contributed by atoms with Crippen LogP contribution >= 0.6 is 11.3 Å². The first-order valence-corrected chi connectivity index (χ1v) is 13.0. The maximum atomic E-state index is 11.4. The molecule has 1 aromatic carbocycles. The normalized spacial score (nSPS) is 14.7. The molecular formula is C26H29N7O3S. The first kappa shape index (κ1) is 24.8. The van der Waals surface area contributed by atoms with E-state index in [-0.39, 0.29) is 10.8 Å². The van der Waals surface area contributed by atoms with Crippen LogP contribution in [-0.4, -0.2) is 67.2 Å². The Hall–Kier alpha value is -3.85. The molecule has 11 heteroatoms. The Kier molecular flexibility index (Phi) is 7.14. The fraction of sp³-hybridized carbons (Fsp3) is 0.346. The number of carbonyl (C=O) groups is 1. The quantitative estimate of drug-likeness (QED) is 0.293. The van der Waals surface area contributed by atoms with Crippen molar-refractivity contribution >= 4 is 50.1 Å². The number of nitrogens with two attached hydrogens (primary N) is 2. The molecule has 4 aromatic rings. The van der Waals surface area contributed by atoms with Crippen LogP contribution in [0.2, 0.25) is 0 Å². The van der Waals surface area contributed by atoms with Gasteiger partial charge in [-0.1, -0.05) is 29.5 Å². The van der Waals surface area contributed by atoms with E-state index in [4.69, 9.17) is 20.6 Å². The molecule has 0 atom stereocenters. The molecule has 0 spiro atoms. The van der Waals surface area contributed by atoms with Gasteiger partial charge in [0.05, 0.1) is 16.6 Å². The number of anilines is 2. The number of benzene rings is 1. The standard InChI is InChI=1S/C26H29N7O3S/c1-32-10-12-33(13-11-32)9-5-4-8-30-23-17(15-27)20(19-14-16-6-2-3-7-18(16)35-19)21-22(28)25(36-26(29)34)37-24(21)31-23/h2-3,6-7,14H,4-5,8-13,28H2,1H3,(H2,29,34)(H,30,31). The molecule has 1 aliphatic rings. The lowest BCUT2D eigenvalue weighted by Gasteiger charge is -2.32. The van der Waals surface area contributed by atoms with E-state index >= 15 is 0 Å². The number of likely N-dealkylation sites (N-methyl/N-ethyl adjacent to an activating group) is 1. The molecule has 37 heavy (non-hydrogen) atoms. The van der Waals surface area contributed by atoms with Gasteiger partial charge in [0, 0.05) is 38.1 Å². The number of rotatable bonds is 8. The Morgan fingerprint density at radius 2 is 2.05 bits per heavy atom. The van der Waals surface area contributed by atoms with E-state index in [9.17, 15) is 10.1 Å². The van der Waals surface area contributed by atoms with Gasteiger partial charge in [0.1, 0.15) is 33.6 Å². The van der Waals surface area contributed by atoms with Crippen molar-refractivity contribution in [2.24, 2.45) is 5.73 Å². The molecule has 1 amide bonds. The number of thiophene rings is 1. The predicted octanol–water partition coefficient (Wildman–Crippen LogP) is 4.06. The largest absolute Gasteiger partial charge is 0.456 e. The van der Waals surface area contributed by atoms with Crippen LogP contribution in [0.25, 0.3) is 32.5 Å². The van der Waals surface area contributed by atoms with Crippen LogP contribution < -0.4 is 21.5 Å². The average Bonchev–Trinajstić information content (AvgIpc) is 3.44. The van der Waals surface area contributed by atoms with Crippen LogP contribution in [0.1, 0.15) is 18.4 Å². The third-order valence-corrected chi connectivity index (χ3v) is 7.59. The van der Waals surface area contributed by atoms with Gasteiger partial charge in [-0.05, 0) is 38.6 Å². The summed E-state index contributed by atoms with van der Waals surface area (Å²) in [5.41, 5.74) is 13.3. The van der Waals surface area contributed by atoms with Crippen molar-refractivity contribution in [3.05, 3.63) is 35.9 Å². The van der Waals surface area contributed by atoms with Gasteiger partial charge in [0.2, 0.25) is 5.06 Å². The van der Waals surface area contributed by atoms with Gasteiger partial charge in [-0.2, -0.15) is 5.26 Å². The molecule has 0 unspecified atom stereocenters. The van der Waals surface area contributed by atoms with E-state index in [0.717, 1.165) is 62.3 Å². The van der Waals surface area contributed by atoms with Gasteiger partial charge in [0.25, 0.3) is 0 Å². The Labute approximate surface area is 218 Å². The zero-order chi connectivity index (χ0) is 25.9. The number of primary amides is 1. The van der Waals surface area contributed by atoms with Crippen molar-refractivity contribution < 1.29 is 13.9 Å². The van der Waals surface area contributed by atoms with E-state index in [1.54, 1.807) is 0 Å². The summed E-state index contributed by atoms with van der Waals surface area (Å²) in [4.78, 5) is 21.5. The van der Waals surface area contributed by atoms with Gasteiger partial charge in [-0.15, -0.1) is 0 Å². The lowest BCUT2D eigenvalue weighted by molar-refractivity contribution is 0.152. The fourth-order valence-electron chi connectivity index (χ4n) is 4.63. The summed E-state index contributed by atoms with van der Waals surface area (Å²) in [6.45, 7) is 6.10. The van der Waals surface area contributed by atoms with Crippen molar-refractivity contribution in [3.8, 4) is 22.5 Å². The maximum absolute atomic E-state index is 11.4. The van der Waals surface area contributed by atoms with Crippen LogP contribution in [-0.2, 0) is 0 Å². The number of amides is 1. The number of furan rings is 1. The smallest absolute Gasteiger partial charge is 0.410 e. The second kappa shape index (κ2) is 10.6. The Balaban J connectivity index is 1.45. The molecule has 0 bridgehead atoms. The Morgan fingerprint density at radius 3 is 2.78 bits per heavy atom. The summed E-state index contributed by atoms with van der Waals surface area (Å²) in [5.74, 6) is 0.926. The van der Waals surface area contributed by atoms with E-state index in [1.165, 1.54) is 0 Å². The monoisotopic (exact) mass is 519 g/mol. The van der Waals surface area contributed by atoms with Crippen molar-refractivity contribution in [3.63, 3.8) is 0 Å². The molecule has 0 radical (unpaired) electrons. The summed E-state index contributed by atoms with van der Waals surface area (Å²) in [5, 5.41) is 15.1. The number of fused-ring (bicyclic) bond motifs is 2. The van der Waals surface area contributed by atoms with Crippen LogP contribution in [0, 0.1) is 11.3 Å². The van der Waals surface area contributed by atoms with E-state index in [2.05, 4.69) is 33.2 Å². The number of unbranched alkanes of at least 4 members (excludes halogenated alkanes) is 1. The molecule has 1 aliphatic heterocycles. The Morgan fingerprint density at radius 1 is 1.27 bits per heavy atom. The number of hydrogen-bond acceptors (Lipinski definition) is 10. The summed E-state index contributed by atoms with van der Waals surface area (Å²) in [7, 11) is 2.15. The van der Waals surface area contributed by atoms with Gasteiger partial charge in [-0.25, -0.2) is 9.78 Å². The Bertz CT molecular complexity index is 1450. The summed E-state index contributed by atoms with van der Waals surface area (Å²) < 4.78 is 11.2. The van der Waals surface area contributed by atoms with Crippen LogP contribution in [0.5, 0.6) is 5.06 Å². The van der Waals surface area contributed by atoms with Gasteiger partial charge in [0.15, 0.2) is 0 Å². The zero-order valence-corrected chi connectivity index (χ0v) is 21.4. The minimum absolute atomic E-state index is 0.139. The summed E-state index contributed by atoms with van der Waals surface area (Å²) in [6.07, 6.45) is 1.00. The minimum Gasteiger partial charge on any atom is -0.456 e. The second-order valence-corrected chi connectivity index (χ2v) is 10.1. The molecule has 4 heterocycles. The van der Waals surface area contributed by atoms with Gasteiger partial charge < -0.3 is 35.7 Å². The number of piperazine rings is 1. The van der Waals surface area contributed by atoms with Crippen molar-refractivity contribution in [1.29, 1.82) is 5.26 Å². The molecular weight excluding hydrogens is 490 g/mol. The minimum atomic E-state index is -0.970. The first-order valence-electron chi connectivity index (χ1n) is 12.2. The molecule has 0 aliphatic carbocycles. The van der Waals surface area contributed by atoms with Crippen LogP contribution in [0.15, 0.2) is 34.7 Å². The van der Waals surface area contributed by atoms with E-state index in [1.807, 2.05) is 30.3 Å². The van der Waals surface area contributed by atoms with E-state index in [0.29, 0.717) is 45.0 Å². The van der Waals surface area contributed by atoms with Gasteiger partial charge in [-0.3, -0.25) is 0 Å². The number of hydrogen-bond donors (Lipinski definition) is 3. The van der Waals surface area contributed by atoms with Crippen molar-refractivity contribution in [2.45, 2.75) is 12.8 Å². The molecule has 0 saturated carbocycles. The van der Waals surface area contributed by atoms with Gasteiger partial charge >= 0.3 is 6.09 Å². The first-order chi connectivity index (χ1) is 17.9. The molecule has 5 N–H and O–H groups in total. The highest BCUT2D eigenvalue weighted by molar-refractivity contribution is 7.21.